The SMILES string of the molecule is Cc1ccc(Br)cc1S(=O)(=O)NC1CCCCCCC1. The molecule has 5 heteroatoms. The molecule has 0 unspecified atom stereocenters. The monoisotopic (exact) mass is 359 g/mol. The van der Waals surface area contributed by atoms with Gasteiger partial charge in [-0.2, -0.15) is 0 Å². The fourth-order valence-electron chi connectivity index (χ4n) is 2.72. The van der Waals surface area contributed by atoms with Crippen molar-refractivity contribution in [1.82, 2.24) is 4.72 Å². The molecular formula is C15H22BrNO2S. The Morgan fingerprint density at radius 3 is 2.35 bits per heavy atom. The van der Waals surface area contributed by atoms with E-state index in [-0.39, 0.29) is 6.04 Å². The van der Waals surface area contributed by atoms with Crippen LogP contribution in [0.2, 0.25) is 0 Å². The van der Waals surface area contributed by atoms with Crippen LogP contribution in [0.15, 0.2) is 27.6 Å². The maximum absolute atomic E-state index is 12.5. The third kappa shape index (κ3) is 4.30. The highest BCUT2D eigenvalue weighted by atomic mass is 79.9. The highest BCUT2D eigenvalue weighted by Crippen LogP contribution is 2.23. The first-order chi connectivity index (χ1) is 9.49. The lowest BCUT2D eigenvalue weighted by Crippen LogP contribution is -2.35. The Kier molecular flexibility index (Phi) is 5.64. The summed E-state index contributed by atoms with van der Waals surface area (Å²) in [7, 11) is -3.42. The van der Waals surface area contributed by atoms with E-state index in [0.29, 0.717) is 4.90 Å². The van der Waals surface area contributed by atoms with Gasteiger partial charge in [0.1, 0.15) is 0 Å². The van der Waals surface area contributed by atoms with Crippen molar-refractivity contribution in [2.45, 2.75) is 62.8 Å². The Morgan fingerprint density at radius 1 is 1.10 bits per heavy atom. The number of sulfonamides is 1. The number of benzene rings is 1. The summed E-state index contributed by atoms with van der Waals surface area (Å²) in [6.07, 6.45) is 7.85. The Morgan fingerprint density at radius 2 is 1.70 bits per heavy atom. The third-order valence-electron chi connectivity index (χ3n) is 3.87. The summed E-state index contributed by atoms with van der Waals surface area (Å²) in [6, 6.07) is 5.46. The molecule has 1 aromatic rings. The van der Waals surface area contributed by atoms with Crippen LogP contribution in [0.4, 0.5) is 0 Å². The number of halogens is 1. The molecule has 0 amide bonds. The average Bonchev–Trinajstić information content (AvgIpc) is 2.35. The van der Waals surface area contributed by atoms with Crippen LogP contribution in [0.1, 0.15) is 50.5 Å². The third-order valence-corrected chi connectivity index (χ3v) is 6.02. The smallest absolute Gasteiger partial charge is 0.208 e. The van der Waals surface area contributed by atoms with Gasteiger partial charge in [0.15, 0.2) is 0 Å². The molecule has 1 N–H and O–H groups in total. The van der Waals surface area contributed by atoms with Gasteiger partial charge in [-0.15, -0.1) is 0 Å². The molecule has 0 aliphatic heterocycles. The van der Waals surface area contributed by atoms with Gasteiger partial charge in [-0.05, 0) is 37.5 Å². The predicted octanol–water partition coefficient (Wildman–Crippen LogP) is 4.15. The van der Waals surface area contributed by atoms with Gasteiger partial charge in [0.25, 0.3) is 0 Å². The van der Waals surface area contributed by atoms with E-state index in [2.05, 4.69) is 20.7 Å². The summed E-state index contributed by atoms with van der Waals surface area (Å²) in [5.74, 6) is 0. The van der Waals surface area contributed by atoms with Crippen LogP contribution >= 0.6 is 15.9 Å². The van der Waals surface area contributed by atoms with Crippen molar-refractivity contribution >= 4 is 26.0 Å². The summed E-state index contributed by atoms with van der Waals surface area (Å²) in [6.45, 7) is 1.83. The second kappa shape index (κ2) is 7.05. The van der Waals surface area contributed by atoms with Gasteiger partial charge in [0, 0.05) is 10.5 Å². The van der Waals surface area contributed by atoms with Crippen LogP contribution in [-0.2, 0) is 10.0 Å². The van der Waals surface area contributed by atoms with Crippen LogP contribution < -0.4 is 4.72 Å². The van der Waals surface area contributed by atoms with E-state index >= 15 is 0 Å². The van der Waals surface area contributed by atoms with Crippen molar-refractivity contribution in [1.29, 1.82) is 0 Å². The van der Waals surface area contributed by atoms with Crippen LogP contribution in [0, 0.1) is 6.92 Å². The second-order valence-corrected chi connectivity index (χ2v) is 8.17. The summed E-state index contributed by atoms with van der Waals surface area (Å²) < 4.78 is 28.8. The molecule has 0 radical (unpaired) electrons. The highest BCUT2D eigenvalue weighted by Gasteiger charge is 2.22. The van der Waals surface area contributed by atoms with E-state index in [1.54, 1.807) is 6.07 Å². The topological polar surface area (TPSA) is 46.2 Å². The number of rotatable bonds is 3. The molecule has 0 bridgehead atoms. The van der Waals surface area contributed by atoms with E-state index in [4.69, 9.17) is 0 Å². The summed E-state index contributed by atoms with van der Waals surface area (Å²) in [4.78, 5) is 0.383. The van der Waals surface area contributed by atoms with Gasteiger partial charge in [-0.1, -0.05) is 54.1 Å². The molecule has 0 spiro atoms. The van der Waals surface area contributed by atoms with Crippen molar-refractivity contribution in [3.63, 3.8) is 0 Å². The number of hydrogen-bond donors (Lipinski definition) is 1. The van der Waals surface area contributed by atoms with Crippen molar-refractivity contribution in [2.75, 3.05) is 0 Å². The lowest BCUT2D eigenvalue weighted by atomic mass is 9.97. The van der Waals surface area contributed by atoms with Gasteiger partial charge in [-0.25, -0.2) is 13.1 Å². The molecule has 2 rings (SSSR count). The van der Waals surface area contributed by atoms with Crippen LogP contribution in [0.5, 0.6) is 0 Å². The zero-order valence-electron chi connectivity index (χ0n) is 11.9. The lowest BCUT2D eigenvalue weighted by molar-refractivity contribution is 0.426. The summed E-state index contributed by atoms with van der Waals surface area (Å²) >= 11 is 3.34. The minimum Gasteiger partial charge on any atom is -0.208 e. The molecule has 3 nitrogen and oxygen atoms in total. The Hall–Kier alpha value is -0.390. The lowest BCUT2D eigenvalue weighted by Gasteiger charge is -2.21. The highest BCUT2D eigenvalue weighted by molar-refractivity contribution is 9.10. The molecule has 1 fully saturated rings. The maximum Gasteiger partial charge on any atom is 0.241 e. The van der Waals surface area contributed by atoms with Crippen LogP contribution in [0.25, 0.3) is 0 Å². The number of aryl methyl sites for hydroxylation is 1. The van der Waals surface area contributed by atoms with E-state index in [9.17, 15) is 8.42 Å². The number of nitrogens with one attached hydrogen (secondary N) is 1. The standard InChI is InChI=1S/C15H22BrNO2S/c1-12-9-10-13(16)11-15(12)20(18,19)17-14-7-5-3-2-4-6-8-14/h9-11,14,17H,2-8H2,1H3. The second-order valence-electron chi connectivity index (χ2n) is 5.57. The molecule has 0 saturated heterocycles. The van der Waals surface area contributed by atoms with Crippen molar-refractivity contribution in [3.05, 3.63) is 28.2 Å². The largest absolute Gasteiger partial charge is 0.241 e. The summed E-state index contributed by atoms with van der Waals surface area (Å²) in [5, 5.41) is 0. The van der Waals surface area contributed by atoms with Crippen molar-refractivity contribution in [2.24, 2.45) is 0 Å². The van der Waals surface area contributed by atoms with Crippen molar-refractivity contribution in [3.8, 4) is 0 Å². The average molecular weight is 360 g/mol. The van der Waals surface area contributed by atoms with Crippen LogP contribution in [0.3, 0.4) is 0 Å². The number of hydrogen-bond acceptors (Lipinski definition) is 2. The van der Waals surface area contributed by atoms with Gasteiger partial charge in [0.05, 0.1) is 4.90 Å². The molecule has 0 aromatic heterocycles. The first-order valence-electron chi connectivity index (χ1n) is 7.27. The fourth-order valence-corrected chi connectivity index (χ4v) is 4.81. The Balaban J connectivity index is 2.15. The predicted molar refractivity (Wildman–Crippen MR) is 85.3 cm³/mol. The molecule has 1 aliphatic carbocycles. The zero-order valence-corrected chi connectivity index (χ0v) is 14.3. The molecule has 0 heterocycles. The van der Waals surface area contributed by atoms with E-state index in [1.807, 2.05) is 19.1 Å². The van der Waals surface area contributed by atoms with E-state index < -0.39 is 10.0 Å². The normalized spacial score (nSPS) is 18.5. The van der Waals surface area contributed by atoms with Crippen molar-refractivity contribution < 1.29 is 8.42 Å². The molecule has 1 saturated carbocycles. The first-order valence-corrected chi connectivity index (χ1v) is 9.55. The van der Waals surface area contributed by atoms with Gasteiger partial charge in [-0.3, -0.25) is 0 Å². The zero-order chi connectivity index (χ0) is 14.6. The summed E-state index contributed by atoms with van der Waals surface area (Å²) in [5.41, 5.74) is 0.784. The molecule has 1 aromatic carbocycles. The van der Waals surface area contributed by atoms with Crippen LogP contribution in [-0.4, -0.2) is 14.5 Å². The molecular weight excluding hydrogens is 338 g/mol. The first kappa shape index (κ1) is 16.0. The van der Waals surface area contributed by atoms with E-state index in [0.717, 1.165) is 35.7 Å². The Labute approximate surface area is 130 Å². The molecule has 0 atom stereocenters. The van der Waals surface area contributed by atoms with E-state index in [1.165, 1.54) is 19.3 Å². The van der Waals surface area contributed by atoms with Gasteiger partial charge < -0.3 is 0 Å². The molecule has 112 valence electrons. The molecule has 1 aliphatic rings. The van der Waals surface area contributed by atoms with Gasteiger partial charge in [0.2, 0.25) is 10.0 Å². The molecule has 20 heavy (non-hydrogen) atoms. The minimum absolute atomic E-state index is 0.0821. The minimum atomic E-state index is -3.42. The maximum atomic E-state index is 12.5. The van der Waals surface area contributed by atoms with Gasteiger partial charge >= 0.3 is 0 Å². The Bertz CT molecular complexity index is 549. The fraction of sp³-hybridized carbons (Fsp3) is 0.600. The quantitative estimate of drug-likeness (QED) is 0.880.